The summed E-state index contributed by atoms with van der Waals surface area (Å²) in [4.78, 5) is 0. The van der Waals surface area contributed by atoms with Crippen molar-refractivity contribution in [3.05, 3.63) is 35.4 Å². The molecule has 0 heterocycles. The molecule has 0 bridgehead atoms. The molecule has 0 aliphatic carbocycles. The quantitative estimate of drug-likeness (QED) is 0.802. The standard InChI is InChI=1S/C14H22O2/c1-11-4-7-13(8-5-11)10-14(15)9-6-12(2)16-3/h4-5,7-8,12,14-15H,6,9-10H2,1-3H3. The van der Waals surface area contributed by atoms with Gasteiger partial charge in [-0.05, 0) is 38.7 Å². The summed E-state index contributed by atoms with van der Waals surface area (Å²) in [6.07, 6.45) is 2.40. The molecule has 1 aromatic carbocycles. The van der Waals surface area contributed by atoms with Gasteiger partial charge in [0.25, 0.3) is 0 Å². The van der Waals surface area contributed by atoms with Crippen LogP contribution in [0.25, 0.3) is 0 Å². The average Bonchev–Trinajstić information content (AvgIpc) is 2.29. The van der Waals surface area contributed by atoms with E-state index in [9.17, 15) is 5.11 Å². The Bertz CT molecular complexity index is 292. The molecule has 1 aromatic rings. The van der Waals surface area contributed by atoms with E-state index in [1.165, 1.54) is 11.1 Å². The maximum Gasteiger partial charge on any atom is 0.0581 e. The zero-order valence-corrected chi connectivity index (χ0v) is 10.4. The lowest BCUT2D eigenvalue weighted by molar-refractivity contribution is 0.0851. The van der Waals surface area contributed by atoms with Gasteiger partial charge in [0.2, 0.25) is 0 Å². The fraction of sp³-hybridized carbons (Fsp3) is 0.571. The monoisotopic (exact) mass is 222 g/mol. The van der Waals surface area contributed by atoms with Crippen LogP contribution in [0.1, 0.15) is 30.9 Å². The molecule has 0 fully saturated rings. The molecule has 0 saturated heterocycles. The Morgan fingerprint density at radius 2 is 1.81 bits per heavy atom. The first-order chi connectivity index (χ1) is 7.61. The smallest absolute Gasteiger partial charge is 0.0581 e. The van der Waals surface area contributed by atoms with Crippen molar-refractivity contribution in [3.63, 3.8) is 0 Å². The van der Waals surface area contributed by atoms with Crippen LogP contribution in [0.2, 0.25) is 0 Å². The van der Waals surface area contributed by atoms with Crippen LogP contribution in [0, 0.1) is 6.92 Å². The summed E-state index contributed by atoms with van der Waals surface area (Å²) < 4.78 is 5.16. The van der Waals surface area contributed by atoms with Gasteiger partial charge in [-0.15, -0.1) is 0 Å². The molecular weight excluding hydrogens is 200 g/mol. The highest BCUT2D eigenvalue weighted by Gasteiger charge is 2.08. The molecule has 0 amide bonds. The van der Waals surface area contributed by atoms with E-state index in [4.69, 9.17) is 4.74 Å². The van der Waals surface area contributed by atoms with E-state index in [1.807, 2.05) is 6.92 Å². The fourth-order valence-electron chi connectivity index (χ4n) is 1.64. The van der Waals surface area contributed by atoms with Crippen LogP contribution in [0.5, 0.6) is 0 Å². The molecule has 2 unspecified atom stereocenters. The summed E-state index contributed by atoms with van der Waals surface area (Å²) in [6, 6.07) is 8.33. The number of ether oxygens (including phenoxy) is 1. The molecular formula is C14H22O2. The molecule has 0 saturated carbocycles. The van der Waals surface area contributed by atoms with Crippen LogP contribution < -0.4 is 0 Å². The zero-order chi connectivity index (χ0) is 12.0. The van der Waals surface area contributed by atoms with E-state index in [2.05, 4.69) is 31.2 Å². The minimum absolute atomic E-state index is 0.229. The molecule has 0 aliphatic heterocycles. The summed E-state index contributed by atoms with van der Waals surface area (Å²) >= 11 is 0. The SMILES string of the molecule is COC(C)CCC(O)Cc1ccc(C)cc1. The van der Waals surface area contributed by atoms with Crippen molar-refractivity contribution in [1.82, 2.24) is 0 Å². The molecule has 2 atom stereocenters. The van der Waals surface area contributed by atoms with E-state index in [0.29, 0.717) is 0 Å². The average molecular weight is 222 g/mol. The molecule has 90 valence electrons. The molecule has 0 spiro atoms. The van der Waals surface area contributed by atoms with Crippen molar-refractivity contribution in [3.8, 4) is 0 Å². The van der Waals surface area contributed by atoms with Crippen LogP contribution in [-0.4, -0.2) is 24.4 Å². The van der Waals surface area contributed by atoms with E-state index >= 15 is 0 Å². The highest BCUT2D eigenvalue weighted by molar-refractivity contribution is 5.21. The van der Waals surface area contributed by atoms with Gasteiger partial charge in [-0.1, -0.05) is 29.8 Å². The Labute approximate surface area is 98.3 Å². The topological polar surface area (TPSA) is 29.5 Å². The normalized spacial score (nSPS) is 14.8. The van der Waals surface area contributed by atoms with Gasteiger partial charge in [0, 0.05) is 7.11 Å². The molecule has 16 heavy (non-hydrogen) atoms. The van der Waals surface area contributed by atoms with Crippen molar-refractivity contribution in [2.45, 2.75) is 45.3 Å². The second-order valence-electron chi connectivity index (χ2n) is 4.47. The van der Waals surface area contributed by atoms with Crippen molar-refractivity contribution >= 4 is 0 Å². The van der Waals surface area contributed by atoms with E-state index in [1.54, 1.807) is 7.11 Å². The minimum atomic E-state index is -0.264. The third kappa shape index (κ3) is 4.77. The van der Waals surface area contributed by atoms with Crippen LogP contribution in [0.3, 0.4) is 0 Å². The minimum Gasteiger partial charge on any atom is -0.393 e. The summed E-state index contributed by atoms with van der Waals surface area (Å²) in [5.41, 5.74) is 2.45. The van der Waals surface area contributed by atoms with E-state index < -0.39 is 0 Å². The number of aryl methyl sites for hydroxylation is 1. The Balaban J connectivity index is 2.33. The molecule has 0 aliphatic rings. The molecule has 1 N–H and O–H groups in total. The fourth-order valence-corrected chi connectivity index (χ4v) is 1.64. The van der Waals surface area contributed by atoms with Crippen molar-refractivity contribution < 1.29 is 9.84 Å². The van der Waals surface area contributed by atoms with Gasteiger partial charge in [0.1, 0.15) is 0 Å². The number of methoxy groups -OCH3 is 1. The summed E-state index contributed by atoms with van der Waals surface area (Å²) in [6.45, 7) is 4.10. The first kappa shape index (κ1) is 13.2. The van der Waals surface area contributed by atoms with Crippen molar-refractivity contribution in [1.29, 1.82) is 0 Å². The lowest BCUT2D eigenvalue weighted by Gasteiger charge is -2.14. The van der Waals surface area contributed by atoms with Crippen molar-refractivity contribution in [2.24, 2.45) is 0 Å². The Kier molecular flexibility index (Phi) is 5.50. The number of benzene rings is 1. The Morgan fingerprint density at radius 1 is 1.19 bits per heavy atom. The molecule has 2 heteroatoms. The van der Waals surface area contributed by atoms with Gasteiger partial charge in [0.15, 0.2) is 0 Å². The Hall–Kier alpha value is -0.860. The van der Waals surface area contributed by atoms with Gasteiger partial charge in [-0.25, -0.2) is 0 Å². The van der Waals surface area contributed by atoms with Crippen LogP contribution in [-0.2, 0) is 11.2 Å². The third-order valence-corrected chi connectivity index (χ3v) is 2.90. The second-order valence-corrected chi connectivity index (χ2v) is 4.47. The summed E-state index contributed by atoms with van der Waals surface area (Å²) in [5, 5.41) is 9.86. The third-order valence-electron chi connectivity index (χ3n) is 2.90. The Morgan fingerprint density at radius 3 is 2.38 bits per heavy atom. The first-order valence-corrected chi connectivity index (χ1v) is 5.88. The lowest BCUT2D eigenvalue weighted by atomic mass is 10.0. The van der Waals surface area contributed by atoms with E-state index in [-0.39, 0.29) is 12.2 Å². The largest absolute Gasteiger partial charge is 0.393 e. The number of hydrogen-bond acceptors (Lipinski definition) is 2. The zero-order valence-electron chi connectivity index (χ0n) is 10.4. The first-order valence-electron chi connectivity index (χ1n) is 5.88. The highest BCUT2D eigenvalue weighted by atomic mass is 16.5. The van der Waals surface area contributed by atoms with Crippen LogP contribution in [0.4, 0.5) is 0 Å². The number of aliphatic hydroxyl groups excluding tert-OH is 1. The van der Waals surface area contributed by atoms with Gasteiger partial charge in [-0.3, -0.25) is 0 Å². The maximum atomic E-state index is 9.86. The van der Waals surface area contributed by atoms with Gasteiger partial charge >= 0.3 is 0 Å². The summed E-state index contributed by atoms with van der Waals surface area (Å²) in [7, 11) is 1.71. The second kappa shape index (κ2) is 6.66. The highest BCUT2D eigenvalue weighted by Crippen LogP contribution is 2.11. The molecule has 0 radical (unpaired) electrons. The van der Waals surface area contributed by atoms with Gasteiger partial charge in [0.05, 0.1) is 12.2 Å². The number of hydrogen-bond donors (Lipinski definition) is 1. The van der Waals surface area contributed by atoms with Gasteiger partial charge < -0.3 is 9.84 Å². The van der Waals surface area contributed by atoms with Crippen LogP contribution in [0.15, 0.2) is 24.3 Å². The number of aliphatic hydroxyl groups is 1. The van der Waals surface area contributed by atoms with E-state index in [0.717, 1.165) is 19.3 Å². The lowest BCUT2D eigenvalue weighted by Crippen LogP contribution is -2.14. The maximum absolute atomic E-state index is 9.86. The molecule has 2 nitrogen and oxygen atoms in total. The summed E-state index contributed by atoms with van der Waals surface area (Å²) in [5.74, 6) is 0. The van der Waals surface area contributed by atoms with Gasteiger partial charge in [-0.2, -0.15) is 0 Å². The molecule has 1 rings (SSSR count). The predicted molar refractivity (Wildman–Crippen MR) is 66.6 cm³/mol. The number of rotatable bonds is 6. The predicted octanol–water partition coefficient (Wildman–Crippen LogP) is 2.71. The molecule has 0 aromatic heterocycles. The van der Waals surface area contributed by atoms with Crippen LogP contribution >= 0.6 is 0 Å². The van der Waals surface area contributed by atoms with Crippen molar-refractivity contribution in [2.75, 3.05) is 7.11 Å².